The Hall–Kier alpha value is -0.870. The standard InChI is InChI=1S/C14H25N3O/c1-10-7-11(2)14(12(18)8-10)17(4)9-13-15-5-6-16(13)3/h5-6,10-12,14,18H,7-9H2,1-4H3. The van der Waals surface area contributed by atoms with E-state index in [2.05, 4.69) is 30.8 Å². The number of imidazole rings is 1. The van der Waals surface area contributed by atoms with Crippen LogP contribution < -0.4 is 0 Å². The Morgan fingerprint density at radius 3 is 2.72 bits per heavy atom. The highest BCUT2D eigenvalue weighted by molar-refractivity contribution is 4.94. The molecule has 1 heterocycles. The molecule has 102 valence electrons. The summed E-state index contributed by atoms with van der Waals surface area (Å²) >= 11 is 0. The van der Waals surface area contributed by atoms with E-state index in [0.29, 0.717) is 11.8 Å². The Labute approximate surface area is 110 Å². The second-order valence-electron chi connectivity index (χ2n) is 5.98. The lowest BCUT2D eigenvalue weighted by atomic mass is 9.77. The summed E-state index contributed by atoms with van der Waals surface area (Å²) in [6.45, 7) is 5.27. The van der Waals surface area contributed by atoms with Gasteiger partial charge in [-0.1, -0.05) is 13.8 Å². The fraction of sp³-hybridized carbons (Fsp3) is 0.786. The second kappa shape index (κ2) is 5.41. The number of hydrogen-bond acceptors (Lipinski definition) is 3. The van der Waals surface area contributed by atoms with E-state index in [0.717, 1.165) is 18.8 Å². The maximum atomic E-state index is 10.3. The fourth-order valence-electron chi connectivity index (χ4n) is 3.41. The average Bonchev–Trinajstić information content (AvgIpc) is 2.62. The summed E-state index contributed by atoms with van der Waals surface area (Å²) in [6.07, 6.45) is 5.69. The van der Waals surface area contributed by atoms with Crippen LogP contribution >= 0.6 is 0 Å². The minimum Gasteiger partial charge on any atom is -0.391 e. The lowest BCUT2D eigenvalue weighted by Gasteiger charge is -2.42. The van der Waals surface area contributed by atoms with E-state index in [1.54, 1.807) is 0 Å². The zero-order valence-corrected chi connectivity index (χ0v) is 11.9. The zero-order chi connectivity index (χ0) is 13.3. The number of nitrogens with zero attached hydrogens (tertiary/aromatic N) is 3. The van der Waals surface area contributed by atoms with Crippen molar-refractivity contribution in [2.24, 2.45) is 18.9 Å². The highest BCUT2D eigenvalue weighted by Crippen LogP contribution is 2.32. The second-order valence-corrected chi connectivity index (χ2v) is 5.98. The Balaban J connectivity index is 2.04. The molecule has 0 aliphatic heterocycles. The van der Waals surface area contributed by atoms with E-state index in [-0.39, 0.29) is 12.1 Å². The number of aliphatic hydroxyl groups excluding tert-OH is 1. The van der Waals surface area contributed by atoms with Crippen molar-refractivity contribution in [2.45, 2.75) is 45.4 Å². The molecule has 1 aromatic heterocycles. The van der Waals surface area contributed by atoms with Crippen molar-refractivity contribution in [3.05, 3.63) is 18.2 Å². The minimum atomic E-state index is -0.214. The summed E-state index contributed by atoms with van der Waals surface area (Å²) in [5, 5.41) is 10.3. The number of hydrogen-bond donors (Lipinski definition) is 1. The van der Waals surface area contributed by atoms with Gasteiger partial charge < -0.3 is 9.67 Å². The van der Waals surface area contributed by atoms with E-state index in [9.17, 15) is 5.11 Å². The molecule has 1 aliphatic rings. The van der Waals surface area contributed by atoms with Crippen molar-refractivity contribution in [3.63, 3.8) is 0 Å². The molecule has 0 spiro atoms. The van der Waals surface area contributed by atoms with Gasteiger partial charge in [-0.15, -0.1) is 0 Å². The van der Waals surface area contributed by atoms with Crippen molar-refractivity contribution >= 4 is 0 Å². The smallest absolute Gasteiger partial charge is 0.122 e. The molecule has 4 heteroatoms. The minimum absolute atomic E-state index is 0.214. The first-order chi connectivity index (χ1) is 8.49. The van der Waals surface area contributed by atoms with Crippen LogP contribution in [0.4, 0.5) is 0 Å². The Kier molecular flexibility index (Phi) is 4.07. The van der Waals surface area contributed by atoms with Crippen LogP contribution in [0, 0.1) is 11.8 Å². The summed E-state index contributed by atoms with van der Waals surface area (Å²) in [4.78, 5) is 6.61. The van der Waals surface area contributed by atoms with Gasteiger partial charge in [0, 0.05) is 25.5 Å². The maximum absolute atomic E-state index is 10.3. The van der Waals surface area contributed by atoms with Gasteiger partial charge in [-0.05, 0) is 31.7 Å². The van der Waals surface area contributed by atoms with Crippen LogP contribution in [0.2, 0.25) is 0 Å². The van der Waals surface area contributed by atoms with Gasteiger partial charge in [0.2, 0.25) is 0 Å². The molecule has 1 aromatic rings. The summed E-state index contributed by atoms with van der Waals surface area (Å²) < 4.78 is 2.04. The number of aryl methyl sites for hydroxylation is 1. The van der Waals surface area contributed by atoms with Crippen LogP contribution in [-0.2, 0) is 13.6 Å². The molecule has 1 N–H and O–H groups in total. The van der Waals surface area contributed by atoms with Crippen LogP contribution in [-0.4, -0.2) is 38.8 Å². The van der Waals surface area contributed by atoms with E-state index in [1.807, 2.05) is 24.0 Å². The predicted octanol–water partition coefficient (Wildman–Crippen LogP) is 1.65. The lowest BCUT2D eigenvalue weighted by molar-refractivity contribution is -0.0181. The summed E-state index contributed by atoms with van der Waals surface area (Å²) in [5.74, 6) is 2.22. The molecular formula is C14H25N3O. The van der Waals surface area contributed by atoms with E-state index in [4.69, 9.17) is 0 Å². The van der Waals surface area contributed by atoms with Gasteiger partial charge in [-0.2, -0.15) is 0 Å². The Bertz CT molecular complexity index is 378. The molecule has 1 fully saturated rings. The molecule has 4 atom stereocenters. The van der Waals surface area contributed by atoms with Gasteiger partial charge in [0.15, 0.2) is 0 Å². The largest absolute Gasteiger partial charge is 0.391 e. The van der Waals surface area contributed by atoms with Gasteiger partial charge in [0.1, 0.15) is 5.82 Å². The van der Waals surface area contributed by atoms with Gasteiger partial charge in [0.25, 0.3) is 0 Å². The fourth-order valence-corrected chi connectivity index (χ4v) is 3.41. The Morgan fingerprint density at radius 2 is 2.17 bits per heavy atom. The monoisotopic (exact) mass is 251 g/mol. The van der Waals surface area contributed by atoms with Gasteiger partial charge >= 0.3 is 0 Å². The van der Waals surface area contributed by atoms with Crippen molar-refractivity contribution in [2.75, 3.05) is 7.05 Å². The number of aliphatic hydroxyl groups is 1. The molecule has 18 heavy (non-hydrogen) atoms. The molecule has 0 aromatic carbocycles. The summed E-state index contributed by atoms with van der Waals surface area (Å²) in [6, 6.07) is 0.248. The van der Waals surface area contributed by atoms with Crippen molar-refractivity contribution < 1.29 is 5.11 Å². The Morgan fingerprint density at radius 1 is 1.44 bits per heavy atom. The molecule has 0 amide bonds. The number of aromatic nitrogens is 2. The van der Waals surface area contributed by atoms with Crippen LogP contribution in [0.5, 0.6) is 0 Å². The van der Waals surface area contributed by atoms with E-state index >= 15 is 0 Å². The quantitative estimate of drug-likeness (QED) is 0.888. The molecule has 1 saturated carbocycles. The van der Waals surface area contributed by atoms with Gasteiger partial charge in [-0.25, -0.2) is 4.98 Å². The normalized spacial score (nSPS) is 33.0. The highest BCUT2D eigenvalue weighted by atomic mass is 16.3. The molecule has 4 unspecified atom stereocenters. The highest BCUT2D eigenvalue weighted by Gasteiger charge is 2.35. The predicted molar refractivity (Wildman–Crippen MR) is 72.0 cm³/mol. The van der Waals surface area contributed by atoms with Crippen LogP contribution in [0.1, 0.15) is 32.5 Å². The third kappa shape index (κ3) is 2.75. The molecule has 0 radical (unpaired) electrons. The van der Waals surface area contributed by atoms with Crippen molar-refractivity contribution in [1.82, 2.24) is 14.5 Å². The molecule has 1 aliphatic carbocycles. The first-order valence-electron chi connectivity index (χ1n) is 6.83. The topological polar surface area (TPSA) is 41.3 Å². The first kappa shape index (κ1) is 13.6. The molecule has 2 rings (SSSR count). The zero-order valence-electron chi connectivity index (χ0n) is 11.9. The van der Waals surface area contributed by atoms with Gasteiger partial charge in [-0.3, -0.25) is 4.90 Å². The maximum Gasteiger partial charge on any atom is 0.122 e. The summed E-state index contributed by atoms with van der Waals surface area (Å²) in [5.41, 5.74) is 0. The number of likely N-dealkylation sites (N-methyl/N-ethyl adjacent to an activating group) is 1. The number of rotatable bonds is 3. The van der Waals surface area contributed by atoms with Crippen LogP contribution in [0.3, 0.4) is 0 Å². The molecular weight excluding hydrogens is 226 g/mol. The molecule has 0 saturated heterocycles. The molecule has 4 nitrogen and oxygen atoms in total. The third-order valence-electron chi connectivity index (χ3n) is 4.22. The van der Waals surface area contributed by atoms with Crippen molar-refractivity contribution in [3.8, 4) is 0 Å². The summed E-state index contributed by atoms with van der Waals surface area (Å²) in [7, 11) is 4.11. The van der Waals surface area contributed by atoms with Crippen LogP contribution in [0.25, 0.3) is 0 Å². The lowest BCUT2D eigenvalue weighted by Crippen LogP contribution is -2.49. The van der Waals surface area contributed by atoms with Crippen LogP contribution in [0.15, 0.2) is 12.4 Å². The SMILES string of the molecule is CC1CC(C)C(N(C)Cc2nccn2C)C(O)C1. The van der Waals surface area contributed by atoms with Crippen molar-refractivity contribution in [1.29, 1.82) is 0 Å². The third-order valence-corrected chi connectivity index (χ3v) is 4.22. The van der Waals surface area contributed by atoms with E-state index in [1.165, 1.54) is 6.42 Å². The van der Waals surface area contributed by atoms with Gasteiger partial charge in [0.05, 0.1) is 12.6 Å². The average molecular weight is 251 g/mol. The molecule has 0 bridgehead atoms. The van der Waals surface area contributed by atoms with E-state index < -0.39 is 0 Å². The first-order valence-corrected chi connectivity index (χ1v) is 6.83.